The second kappa shape index (κ2) is 5.22. The van der Waals surface area contributed by atoms with E-state index in [9.17, 15) is 13.2 Å². The van der Waals surface area contributed by atoms with Crippen molar-refractivity contribution >= 4 is 17.7 Å². The summed E-state index contributed by atoms with van der Waals surface area (Å²) in [7, 11) is 0. The highest BCUT2D eigenvalue weighted by Crippen LogP contribution is 2.34. The van der Waals surface area contributed by atoms with Crippen molar-refractivity contribution in [1.82, 2.24) is 9.97 Å². The first kappa shape index (κ1) is 14.2. The molecule has 0 saturated carbocycles. The molecular formula is C14H12F3N3S. The molecule has 0 radical (unpaired) electrons. The summed E-state index contributed by atoms with van der Waals surface area (Å²) in [6.07, 6.45) is -1.31. The van der Waals surface area contributed by atoms with Gasteiger partial charge in [0.2, 0.25) is 5.95 Å². The number of benzene rings is 1. The molecule has 2 N–H and O–H groups in total. The second-order valence-corrected chi connectivity index (χ2v) is 5.93. The van der Waals surface area contributed by atoms with E-state index in [2.05, 4.69) is 9.97 Å². The molecule has 1 aliphatic rings. The summed E-state index contributed by atoms with van der Waals surface area (Å²) >= 11 is 1.17. The van der Waals surface area contributed by atoms with Gasteiger partial charge < -0.3 is 5.73 Å². The Morgan fingerprint density at radius 3 is 2.57 bits per heavy atom. The number of rotatable bonds is 2. The zero-order chi connectivity index (χ0) is 15.0. The van der Waals surface area contributed by atoms with Crippen molar-refractivity contribution < 1.29 is 13.2 Å². The summed E-state index contributed by atoms with van der Waals surface area (Å²) in [6.45, 7) is 0. The molecule has 0 fully saturated rings. The molecule has 0 amide bonds. The van der Waals surface area contributed by atoms with Crippen LogP contribution in [0.25, 0.3) is 0 Å². The Bertz CT molecular complexity index is 686. The average Bonchev–Trinajstić information content (AvgIpc) is 2.84. The van der Waals surface area contributed by atoms with Gasteiger partial charge in [-0.15, -0.1) is 0 Å². The van der Waals surface area contributed by atoms with E-state index in [1.165, 1.54) is 22.9 Å². The normalized spacial score (nSPS) is 14.2. The molecule has 0 atom stereocenters. The maximum atomic E-state index is 12.7. The zero-order valence-corrected chi connectivity index (χ0v) is 11.8. The van der Waals surface area contributed by atoms with Crippen molar-refractivity contribution in [3.8, 4) is 0 Å². The number of alkyl halides is 3. The number of anilines is 1. The van der Waals surface area contributed by atoms with Crippen LogP contribution in [0.3, 0.4) is 0 Å². The zero-order valence-electron chi connectivity index (χ0n) is 10.9. The van der Waals surface area contributed by atoms with E-state index in [1.807, 2.05) is 18.2 Å². The molecule has 3 rings (SSSR count). The van der Waals surface area contributed by atoms with Gasteiger partial charge in [0.1, 0.15) is 5.03 Å². The molecule has 1 aliphatic carbocycles. The molecule has 7 heteroatoms. The molecular weight excluding hydrogens is 299 g/mol. The number of hydrogen-bond donors (Lipinski definition) is 1. The van der Waals surface area contributed by atoms with E-state index < -0.39 is 11.9 Å². The molecule has 0 saturated heterocycles. The van der Waals surface area contributed by atoms with Gasteiger partial charge in [-0.3, -0.25) is 0 Å². The van der Waals surface area contributed by atoms with Gasteiger partial charge in [-0.2, -0.15) is 13.2 Å². The molecule has 0 bridgehead atoms. The summed E-state index contributed by atoms with van der Waals surface area (Å²) in [5, 5.41) is 0.202. The molecule has 2 aromatic rings. The van der Waals surface area contributed by atoms with Crippen LogP contribution in [-0.4, -0.2) is 9.97 Å². The Kier molecular flexibility index (Phi) is 3.52. The third-order valence-electron chi connectivity index (χ3n) is 3.30. The Balaban J connectivity index is 1.89. The lowest BCUT2D eigenvalue weighted by Crippen LogP contribution is -2.11. The third-order valence-corrected chi connectivity index (χ3v) is 4.21. The maximum Gasteiger partial charge on any atom is 0.433 e. The van der Waals surface area contributed by atoms with E-state index in [4.69, 9.17) is 5.73 Å². The first-order chi connectivity index (χ1) is 9.91. The van der Waals surface area contributed by atoms with Crippen LogP contribution in [0.15, 0.2) is 34.2 Å². The molecule has 3 nitrogen and oxygen atoms in total. The van der Waals surface area contributed by atoms with Gasteiger partial charge in [-0.1, -0.05) is 17.8 Å². The second-order valence-electron chi connectivity index (χ2n) is 4.83. The standard InChI is InChI=1S/C14H12F3N3S/c15-14(16,17)11-7-12(20-13(18)19-11)21-10-5-4-8-2-1-3-9(8)6-10/h4-7H,1-3H2,(H2,18,19,20). The first-order valence-electron chi connectivity index (χ1n) is 6.43. The summed E-state index contributed by atoms with van der Waals surface area (Å²) in [6, 6.07) is 6.87. The SMILES string of the molecule is Nc1nc(Sc2ccc3c(c2)CCC3)cc(C(F)(F)F)n1. The summed E-state index contributed by atoms with van der Waals surface area (Å²) in [5.74, 6) is -0.367. The van der Waals surface area contributed by atoms with Gasteiger partial charge in [0.25, 0.3) is 0 Å². The number of hydrogen-bond acceptors (Lipinski definition) is 4. The lowest BCUT2D eigenvalue weighted by molar-refractivity contribution is -0.141. The molecule has 0 aliphatic heterocycles. The van der Waals surface area contributed by atoms with Crippen molar-refractivity contribution in [2.45, 2.75) is 35.4 Å². The first-order valence-corrected chi connectivity index (χ1v) is 7.25. The Morgan fingerprint density at radius 2 is 1.81 bits per heavy atom. The Morgan fingerprint density at radius 1 is 1.05 bits per heavy atom. The fourth-order valence-corrected chi connectivity index (χ4v) is 3.26. The molecule has 1 aromatic heterocycles. The monoisotopic (exact) mass is 311 g/mol. The third kappa shape index (κ3) is 3.12. The van der Waals surface area contributed by atoms with Crippen molar-refractivity contribution in [1.29, 1.82) is 0 Å². The number of aromatic nitrogens is 2. The number of nitrogens with zero attached hydrogens (tertiary/aromatic N) is 2. The van der Waals surface area contributed by atoms with E-state index in [1.54, 1.807) is 0 Å². The fraction of sp³-hybridized carbons (Fsp3) is 0.286. The maximum absolute atomic E-state index is 12.7. The predicted octanol–water partition coefficient (Wildman–Crippen LogP) is 3.72. The van der Waals surface area contributed by atoms with E-state index in [0.29, 0.717) is 0 Å². The van der Waals surface area contributed by atoms with E-state index in [-0.39, 0.29) is 11.0 Å². The van der Waals surface area contributed by atoms with Gasteiger partial charge >= 0.3 is 6.18 Å². The summed E-state index contributed by atoms with van der Waals surface area (Å²) < 4.78 is 38.1. The number of aryl methyl sites for hydroxylation is 2. The van der Waals surface area contributed by atoms with Gasteiger partial charge in [0, 0.05) is 11.0 Å². The van der Waals surface area contributed by atoms with Gasteiger partial charge in [-0.25, -0.2) is 9.97 Å². The van der Waals surface area contributed by atoms with Crippen LogP contribution in [-0.2, 0) is 19.0 Å². The highest BCUT2D eigenvalue weighted by molar-refractivity contribution is 7.99. The van der Waals surface area contributed by atoms with Crippen LogP contribution in [0.2, 0.25) is 0 Å². The van der Waals surface area contributed by atoms with Crippen LogP contribution < -0.4 is 5.73 Å². The van der Waals surface area contributed by atoms with Crippen LogP contribution in [0.4, 0.5) is 19.1 Å². The lowest BCUT2D eigenvalue weighted by atomic mass is 10.1. The van der Waals surface area contributed by atoms with Gasteiger partial charge in [0.05, 0.1) is 0 Å². The molecule has 1 heterocycles. The number of halogens is 3. The van der Waals surface area contributed by atoms with Crippen molar-refractivity contribution in [2.24, 2.45) is 0 Å². The molecule has 21 heavy (non-hydrogen) atoms. The predicted molar refractivity (Wildman–Crippen MR) is 74.0 cm³/mol. The van der Waals surface area contributed by atoms with Crippen LogP contribution in [0, 0.1) is 0 Å². The van der Waals surface area contributed by atoms with Crippen LogP contribution in [0.5, 0.6) is 0 Å². The smallest absolute Gasteiger partial charge is 0.368 e. The van der Waals surface area contributed by atoms with Gasteiger partial charge in [-0.05, 0) is 42.5 Å². The molecule has 0 spiro atoms. The minimum Gasteiger partial charge on any atom is -0.368 e. The molecule has 0 unspecified atom stereocenters. The summed E-state index contributed by atoms with van der Waals surface area (Å²) in [5.41, 5.74) is 6.93. The van der Waals surface area contributed by atoms with Crippen LogP contribution >= 0.6 is 11.8 Å². The van der Waals surface area contributed by atoms with Crippen LogP contribution in [0.1, 0.15) is 23.2 Å². The molecule has 110 valence electrons. The highest BCUT2D eigenvalue weighted by Gasteiger charge is 2.33. The van der Waals surface area contributed by atoms with E-state index >= 15 is 0 Å². The average molecular weight is 311 g/mol. The van der Waals surface area contributed by atoms with Gasteiger partial charge in [0.15, 0.2) is 5.69 Å². The minimum atomic E-state index is -4.52. The minimum absolute atomic E-state index is 0.202. The topological polar surface area (TPSA) is 51.8 Å². The number of nitrogen functional groups attached to an aromatic ring is 1. The number of fused-ring (bicyclic) bond motifs is 1. The largest absolute Gasteiger partial charge is 0.433 e. The Hall–Kier alpha value is -1.76. The van der Waals surface area contributed by atoms with Crippen molar-refractivity contribution in [3.63, 3.8) is 0 Å². The number of nitrogens with two attached hydrogens (primary N) is 1. The van der Waals surface area contributed by atoms with E-state index in [0.717, 1.165) is 30.2 Å². The molecule has 1 aromatic carbocycles. The quantitative estimate of drug-likeness (QED) is 0.859. The van der Waals surface area contributed by atoms with Crippen molar-refractivity contribution in [2.75, 3.05) is 5.73 Å². The van der Waals surface area contributed by atoms with Crippen molar-refractivity contribution in [3.05, 3.63) is 41.1 Å². The Labute approximate surface area is 123 Å². The lowest BCUT2D eigenvalue weighted by Gasteiger charge is -2.09. The summed E-state index contributed by atoms with van der Waals surface area (Å²) in [4.78, 5) is 7.96. The highest BCUT2D eigenvalue weighted by atomic mass is 32.2. The fourth-order valence-electron chi connectivity index (χ4n) is 2.37.